The minimum Gasteiger partial charge on any atom is -0.493 e. The SMILES string of the molecule is COc1ncc(C(=O)NCCc2ccc(OC)c(OC)c2)cn1. The number of amides is 1. The van der Waals surface area contributed by atoms with Crippen LogP contribution in [0.3, 0.4) is 0 Å². The third-order valence-corrected chi connectivity index (χ3v) is 3.22. The molecule has 0 fully saturated rings. The summed E-state index contributed by atoms with van der Waals surface area (Å²) in [6, 6.07) is 5.89. The monoisotopic (exact) mass is 317 g/mol. The summed E-state index contributed by atoms with van der Waals surface area (Å²) in [7, 11) is 4.65. The Morgan fingerprint density at radius 2 is 1.74 bits per heavy atom. The normalized spacial score (nSPS) is 10.0. The van der Waals surface area contributed by atoms with E-state index in [1.54, 1.807) is 14.2 Å². The summed E-state index contributed by atoms with van der Waals surface area (Å²) in [5.41, 5.74) is 1.42. The molecule has 0 unspecified atom stereocenters. The fraction of sp³-hybridized carbons (Fsp3) is 0.312. The zero-order valence-corrected chi connectivity index (χ0v) is 13.3. The zero-order chi connectivity index (χ0) is 16.7. The lowest BCUT2D eigenvalue weighted by Gasteiger charge is -2.10. The van der Waals surface area contributed by atoms with Crippen LogP contribution in [0, 0.1) is 0 Å². The molecular formula is C16H19N3O4. The van der Waals surface area contributed by atoms with Crippen molar-refractivity contribution >= 4 is 5.91 Å². The fourth-order valence-electron chi connectivity index (χ4n) is 2.00. The second-order valence-corrected chi connectivity index (χ2v) is 4.65. The smallest absolute Gasteiger partial charge is 0.316 e. The van der Waals surface area contributed by atoms with Crippen LogP contribution in [0.2, 0.25) is 0 Å². The summed E-state index contributed by atoms with van der Waals surface area (Å²) in [6.45, 7) is 0.486. The van der Waals surface area contributed by atoms with Crippen molar-refractivity contribution in [2.24, 2.45) is 0 Å². The van der Waals surface area contributed by atoms with Crippen molar-refractivity contribution in [2.75, 3.05) is 27.9 Å². The van der Waals surface area contributed by atoms with Gasteiger partial charge >= 0.3 is 6.01 Å². The summed E-state index contributed by atoms with van der Waals surface area (Å²) >= 11 is 0. The molecular weight excluding hydrogens is 298 g/mol. The lowest BCUT2D eigenvalue weighted by Crippen LogP contribution is -2.26. The molecule has 0 saturated heterocycles. The van der Waals surface area contributed by atoms with Gasteiger partial charge in [-0.2, -0.15) is 0 Å². The maximum Gasteiger partial charge on any atom is 0.316 e. The number of methoxy groups -OCH3 is 3. The Balaban J connectivity index is 1.90. The van der Waals surface area contributed by atoms with Gasteiger partial charge < -0.3 is 19.5 Å². The van der Waals surface area contributed by atoms with E-state index in [1.165, 1.54) is 19.5 Å². The lowest BCUT2D eigenvalue weighted by molar-refractivity contribution is 0.0953. The molecule has 1 aromatic carbocycles. The van der Waals surface area contributed by atoms with Gasteiger partial charge in [0.15, 0.2) is 11.5 Å². The number of benzene rings is 1. The zero-order valence-electron chi connectivity index (χ0n) is 13.3. The van der Waals surface area contributed by atoms with E-state index in [0.717, 1.165) is 5.56 Å². The van der Waals surface area contributed by atoms with E-state index in [-0.39, 0.29) is 11.9 Å². The third-order valence-electron chi connectivity index (χ3n) is 3.22. The highest BCUT2D eigenvalue weighted by atomic mass is 16.5. The lowest BCUT2D eigenvalue weighted by atomic mass is 10.1. The van der Waals surface area contributed by atoms with Crippen LogP contribution < -0.4 is 19.5 Å². The van der Waals surface area contributed by atoms with Crippen LogP contribution in [0.5, 0.6) is 17.5 Å². The second-order valence-electron chi connectivity index (χ2n) is 4.65. The third kappa shape index (κ3) is 4.32. The Morgan fingerprint density at radius 1 is 1.04 bits per heavy atom. The van der Waals surface area contributed by atoms with Crippen LogP contribution in [-0.2, 0) is 6.42 Å². The Labute approximate surface area is 134 Å². The number of nitrogens with zero attached hydrogens (tertiary/aromatic N) is 2. The van der Waals surface area contributed by atoms with Crippen LogP contribution in [0.25, 0.3) is 0 Å². The van der Waals surface area contributed by atoms with Gasteiger partial charge in [0.25, 0.3) is 5.91 Å². The van der Waals surface area contributed by atoms with Crippen LogP contribution in [0.1, 0.15) is 15.9 Å². The van der Waals surface area contributed by atoms with Gasteiger partial charge in [-0.1, -0.05) is 6.07 Å². The van der Waals surface area contributed by atoms with Gasteiger partial charge in [-0.3, -0.25) is 4.79 Å². The summed E-state index contributed by atoms with van der Waals surface area (Å²) in [5, 5.41) is 2.82. The Kier molecular flexibility index (Phi) is 5.74. The number of rotatable bonds is 7. The van der Waals surface area contributed by atoms with Crippen molar-refractivity contribution < 1.29 is 19.0 Å². The number of carbonyl (C=O) groups excluding carboxylic acids is 1. The quantitative estimate of drug-likeness (QED) is 0.833. The van der Waals surface area contributed by atoms with Crippen molar-refractivity contribution in [3.05, 3.63) is 41.7 Å². The van der Waals surface area contributed by atoms with Gasteiger partial charge in [-0.15, -0.1) is 0 Å². The molecule has 0 aliphatic heterocycles. The molecule has 1 heterocycles. The van der Waals surface area contributed by atoms with E-state index in [2.05, 4.69) is 15.3 Å². The topological polar surface area (TPSA) is 82.6 Å². The minimum absolute atomic E-state index is 0.229. The van der Waals surface area contributed by atoms with E-state index >= 15 is 0 Å². The highest BCUT2D eigenvalue weighted by molar-refractivity contribution is 5.93. The summed E-state index contributed by atoms with van der Waals surface area (Å²) in [4.78, 5) is 19.8. The first-order valence-electron chi connectivity index (χ1n) is 7.03. The van der Waals surface area contributed by atoms with Crippen molar-refractivity contribution in [3.63, 3.8) is 0 Å². The Morgan fingerprint density at radius 3 is 2.35 bits per heavy atom. The van der Waals surface area contributed by atoms with Gasteiger partial charge in [-0.25, -0.2) is 9.97 Å². The molecule has 0 saturated carbocycles. The summed E-state index contributed by atoms with van der Waals surface area (Å²) < 4.78 is 15.3. The summed E-state index contributed by atoms with van der Waals surface area (Å²) in [6.07, 6.45) is 3.53. The van der Waals surface area contributed by atoms with Crippen molar-refractivity contribution in [1.82, 2.24) is 15.3 Å². The standard InChI is InChI=1S/C16H19N3O4/c1-21-13-5-4-11(8-14(13)22-2)6-7-17-15(20)12-9-18-16(23-3)19-10-12/h4-5,8-10H,6-7H2,1-3H3,(H,17,20). The van der Waals surface area contributed by atoms with Crippen LogP contribution >= 0.6 is 0 Å². The first-order chi connectivity index (χ1) is 11.2. The molecule has 0 aliphatic rings. The molecule has 2 aromatic rings. The molecule has 1 aromatic heterocycles. The number of carbonyl (C=O) groups is 1. The van der Waals surface area contributed by atoms with E-state index in [1.807, 2.05) is 18.2 Å². The van der Waals surface area contributed by atoms with Gasteiger partial charge in [0, 0.05) is 18.9 Å². The van der Waals surface area contributed by atoms with Gasteiger partial charge in [0.2, 0.25) is 0 Å². The molecule has 122 valence electrons. The van der Waals surface area contributed by atoms with Gasteiger partial charge in [-0.05, 0) is 24.1 Å². The highest BCUT2D eigenvalue weighted by Gasteiger charge is 2.08. The minimum atomic E-state index is -0.229. The molecule has 1 N–H and O–H groups in total. The largest absolute Gasteiger partial charge is 0.493 e. The average Bonchev–Trinajstić information content (AvgIpc) is 2.61. The van der Waals surface area contributed by atoms with E-state index in [9.17, 15) is 4.79 Å². The molecule has 23 heavy (non-hydrogen) atoms. The molecule has 7 heteroatoms. The molecule has 0 spiro atoms. The molecule has 0 atom stereocenters. The number of ether oxygens (including phenoxy) is 3. The van der Waals surface area contributed by atoms with Crippen molar-refractivity contribution in [1.29, 1.82) is 0 Å². The number of aromatic nitrogens is 2. The van der Waals surface area contributed by atoms with Gasteiger partial charge in [0.05, 0.1) is 26.9 Å². The van der Waals surface area contributed by atoms with Crippen molar-refractivity contribution in [3.8, 4) is 17.5 Å². The van der Waals surface area contributed by atoms with Crippen LogP contribution in [0.15, 0.2) is 30.6 Å². The van der Waals surface area contributed by atoms with E-state index in [0.29, 0.717) is 30.0 Å². The van der Waals surface area contributed by atoms with Crippen molar-refractivity contribution in [2.45, 2.75) is 6.42 Å². The van der Waals surface area contributed by atoms with E-state index in [4.69, 9.17) is 14.2 Å². The highest BCUT2D eigenvalue weighted by Crippen LogP contribution is 2.27. The number of nitrogens with one attached hydrogen (secondary N) is 1. The first-order valence-corrected chi connectivity index (χ1v) is 7.03. The molecule has 7 nitrogen and oxygen atoms in total. The molecule has 0 bridgehead atoms. The predicted octanol–water partition coefficient (Wildman–Crippen LogP) is 1.47. The maximum atomic E-state index is 12.0. The molecule has 1 amide bonds. The summed E-state index contributed by atoms with van der Waals surface area (Å²) in [5.74, 6) is 1.11. The Bertz CT molecular complexity index is 659. The number of hydrogen-bond donors (Lipinski definition) is 1. The number of hydrogen-bond acceptors (Lipinski definition) is 6. The van der Waals surface area contributed by atoms with Crippen LogP contribution in [-0.4, -0.2) is 43.7 Å². The van der Waals surface area contributed by atoms with E-state index < -0.39 is 0 Å². The fourth-order valence-corrected chi connectivity index (χ4v) is 2.00. The predicted molar refractivity (Wildman–Crippen MR) is 84.2 cm³/mol. The van der Waals surface area contributed by atoms with Crippen LogP contribution in [0.4, 0.5) is 0 Å². The molecule has 0 radical (unpaired) electrons. The molecule has 2 rings (SSSR count). The Hall–Kier alpha value is -2.83. The first kappa shape index (κ1) is 16.5. The molecule has 0 aliphatic carbocycles. The second kappa shape index (κ2) is 7.98. The average molecular weight is 317 g/mol. The maximum absolute atomic E-state index is 12.0. The van der Waals surface area contributed by atoms with Gasteiger partial charge in [0.1, 0.15) is 0 Å².